The van der Waals surface area contributed by atoms with Crippen molar-refractivity contribution >= 4 is 0 Å². The Kier molecular flexibility index (Phi) is 14.6. The molecule has 0 aliphatic carbocycles. The number of methoxy groups -OCH3 is 1. The molecular formula is C45H56O8. The van der Waals surface area contributed by atoms with Crippen LogP contribution in [0, 0.1) is 11.8 Å². The first kappa shape index (κ1) is 39.3. The summed E-state index contributed by atoms with van der Waals surface area (Å²) < 4.78 is 51.5. The minimum Gasteiger partial charge on any atom is -0.377 e. The fourth-order valence-corrected chi connectivity index (χ4v) is 7.52. The third-order valence-electron chi connectivity index (χ3n) is 10.5. The van der Waals surface area contributed by atoms with E-state index >= 15 is 0 Å². The van der Waals surface area contributed by atoms with Crippen LogP contribution in [-0.4, -0.2) is 62.9 Å². The zero-order chi connectivity index (χ0) is 36.9. The average molecular weight is 725 g/mol. The van der Waals surface area contributed by atoms with Crippen LogP contribution in [0.25, 0.3) is 0 Å². The maximum atomic E-state index is 6.68. The van der Waals surface area contributed by atoms with Gasteiger partial charge in [0.1, 0.15) is 12.2 Å². The van der Waals surface area contributed by atoms with Crippen LogP contribution in [0.5, 0.6) is 0 Å². The molecule has 0 spiro atoms. The van der Waals surface area contributed by atoms with Gasteiger partial charge in [-0.1, -0.05) is 128 Å². The molecule has 9 atom stereocenters. The van der Waals surface area contributed by atoms with E-state index in [1.807, 2.05) is 72.8 Å². The average Bonchev–Trinajstić information content (AvgIpc) is 3.19. The van der Waals surface area contributed by atoms with Gasteiger partial charge in [0.2, 0.25) is 0 Å². The SMILES string of the molecule is COC1OC(COC2OC(C)(CCCOCc3ccccc3)C2C(C)OCc2ccccc2)C(OCc2ccccc2)C(OCc2ccccc2)C1C. The highest BCUT2D eigenvalue weighted by Crippen LogP contribution is 2.46. The fourth-order valence-electron chi connectivity index (χ4n) is 7.52. The lowest BCUT2D eigenvalue weighted by Gasteiger charge is -2.55. The molecule has 2 aliphatic rings. The third kappa shape index (κ3) is 10.8. The van der Waals surface area contributed by atoms with E-state index in [2.05, 4.69) is 69.3 Å². The molecule has 284 valence electrons. The van der Waals surface area contributed by atoms with E-state index in [-0.39, 0.29) is 30.7 Å². The molecular weight excluding hydrogens is 668 g/mol. The number of hydrogen-bond donors (Lipinski definition) is 0. The highest BCUT2D eigenvalue weighted by molar-refractivity contribution is 5.16. The summed E-state index contributed by atoms with van der Waals surface area (Å²) in [5, 5.41) is 0. The first-order valence-corrected chi connectivity index (χ1v) is 19.0. The maximum absolute atomic E-state index is 6.68. The molecule has 9 unspecified atom stereocenters. The quantitative estimate of drug-likeness (QED) is 0.0841. The van der Waals surface area contributed by atoms with E-state index < -0.39 is 30.4 Å². The molecule has 8 heteroatoms. The highest BCUT2D eigenvalue weighted by Gasteiger charge is 2.56. The number of benzene rings is 4. The van der Waals surface area contributed by atoms with Crippen molar-refractivity contribution in [3.8, 4) is 0 Å². The Morgan fingerprint density at radius 1 is 0.642 bits per heavy atom. The van der Waals surface area contributed by atoms with E-state index in [9.17, 15) is 0 Å². The Balaban J connectivity index is 1.13. The second-order valence-electron chi connectivity index (χ2n) is 14.5. The van der Waals surface area contributed by atoms with Gasteiger partial charge in [0, 0.05) is 19.6 Å². The van der Waals surface area contributed by atoms with Gasteiger partial charge < -0.3 is 37.9 Å². The van der Waals surface area contributed by atoms with Crippen LogP contribution < -0.4 is 0 Å². The van der Waals surface area contributed by atoms with Crippen LogP contribution in [-0.2, 0) is 64.3 Å². The number of hydrogen-bond acceptors (Lipinski definition) is 8. The maximum Gasteiger partial charge on any atom is 0.166 e. The summed E-state index contributed by atoms with van der Waals surface area (Å²) in [6.45, 7) is 9.22. The van der Waals surface area contributed by atoms with Gasteiger partial charge in [0.25, 0.3) is 0 Å². The van der Waals surface area contributed by atoms with Gasteiger partial charge in [0.05, 0.1) is 56.8 Å². The van der Waals surface area contributed by atoms with Crippen LogP contribution in [0.1, 0.15) is 55.9 Å². The van der Waals surface area contributed by atoms with Crippen molar-refractivity contribution in [3.05, 3.63) is 144 Å². The van der Waals surface area contributed by atoms with Crippen LogP contribution >= 0.6 is 0 Å². The molecule has 0 aromatic heterocycles. The van der Waals surface area contributed by atoms with Gasteiger partial charge in [-0.15, -0.1) is 0 Å². The highest BCUT2D eigenvalue weighted by atomic mass is 16.7. The zero-order valence-electron chi connectivity index (χ0n) is 31.6. The summed E-state index contributed by atoms with van der Waals surface area (Å²) in [5.74, 6) is -0.109. The van der Waals surface area contributed by atoms with Gasteiger partial charge in [-0.05, 0) is 48.9 Å². The summed E-state index contributed by atoms with van der Waals surface area (Å²) in [6, 6.07) is 40.9. The second kappa shape index (κ2) is 19.8. The molecule has 0 bridgehead atoms. The lowest BCUT2D eigenvalue weighted by molar-refractivity contribution is -0.380. The van der Waals surface area contributed by atoms with E-state index in [1.54, 1.807) is 7.11 Å². The summed E-state index contributed by atoms with van der Waals surface area (Å²) in [7, 11) is 1.67. The zero-order valence-corrected chi connectivity index (χ0v) is 31.6. The van der Waals surface area contributed by atoms with Gasteiger partial charge in [-0.2, -0.15) is 0 Å². The Morgan fingerprint density at radius 2 is 1.15 bits per heavy atom. The van der Waals surface area contributed by atoms with Crippen molar-refractivity contribution in [2.45, 2.75) is 103 Å². The molecule has 2 heterocycles. The molecule has 0 saturated carbocycles. The molecule has 4 aromatic carbocycles. The fraction of sp³-hybridized carbons (Fsp3) is 0.467. The number of rotatable bonds is 20. The first-order valence-electron chi connectivity index (χ1n) is 19.0. The minimum atomic E-state index is -0.492. The monoisotopic (exact) mass is 724 g/mol. The van der Waals surface area contributed by atoms with E-state index in [4.69, 9.17) is 37.9 Å². The van der Waals surface area contributed by atoms with Crippen molar-refractivity contribution in [2.75, 3.05) is 20.3 Å². The first-order chi connectivity index (χ1) is 25.9. The summed E-state index contributed by atoms with van der Waals surface area (Å²) in [5.41, 5.74) is 4.02. The van der Waals surface area contributed by atoms with Gasteiger partial charge in [0.15, 0.2) is 12.6 Å². The van der Waals surface area contributed by atoms with Crippen LogP contribution in [0.15, 0.2) is 121 Å². The Labute approximate surface area is 315 Å². The van der Waals surface area contributed by atoms with Crippen molar-refractivity contribution in [1.29, 1.82) is 0 Å². The summed E-state index contributed by atoms with van der Waals surface area (Å²) in [4.78, 5) is 0. The largest absolute Gasteiger partial charge is 0.377 e. The standard InChI is InChI=1S/C45H56O8/c1-33-41(49-30-37-22-13-7-14-23-37)42(50-31-38-24-15-8-16-25-38)39(52-43(33)46-4)32-51-44-40(34(2)48-29-36-20-11-6-12-21-36)45(3,53-44)26-17-27-47-28-35-18-9-5-10-19-35/h5-16,18-25,33-34,39-44H,17,26-32H2,1-4H3. The molecule has 0 radical (unpaired) electrons. The minimum absolute atomic E-state index is 0.0186. The van der Waals surface area contributed by atoms with Crippen molar-refractivity contribution in [2.24, 2.45) is 11.8 Å². The molecule has 0 amide bonds. The summed E-state index contributed by atoms with van der Waals surface area (Å²) in [6.07, 6.45) is -0.636. The number of ether oxygens (including phenoxy) is 8. The normalized spacial score (nSPS) is 27.6. The molecule has 8 nitrogen and oxygen atoms in total. The third-order valence-corrected chi connectivity index (χ3v) is 10.5. The Bertz CT molecular complexity index is 1590. The van der Waals surface area contributed by atoms with Crippen molar-refractivity contribution in [3.63, 3.8) is 0 Å². The van der Waals surface area contributed by atoms with Crippen molar-refractivity contribution in [1.82, 2.24) is 0 Å². The van der Waals surface area contributed by atoms with Crippen LogP contribution in [0.4, 0.5) is 0 Å². The van der Waals surface area contributed by atoms with Crippen molar-refractivity contribution < 1.29 is 37.9 Å². The molecule has 4 aromatic rings. The van der Waals surface area contributed by atoms with Crippen LogP contribution in [0.3, 0.4) is 0 Å². The van der Waals surface area contributed by atoms with Gasteiger partial charge in [-0.3, -0.25) is 0 Å². The molecule has 2 aliphatic heterocycles. The molecule has 0 N–H and O–H groups in total. The second-order valence-corrected chi connectivity index (χ2v) is 14.5. The predicted molar refractivity (Wildman–Crippen MR) is 204 cm³/mol. The molecule has 2 saturated heterocycles. The van der Waals surface area contributed by atoms with Gasteiger partial charge in [-0.25, -0.2) is 0 Å². The smallest absolute Gasteiger partial charge is 0.166 e. The van der Waals surface area contributed by atoms with E-state index in [0.717, 1.165) is 29.5 Å². The molecule has 6 rings (SSSR count). The van der Waals surface area contributed by atoms with E-state index in [1.165, 1.54) is 5.56 Å². The topological polar surface area (TPSA) is 73.8 Å². The molecule has 53 heavy (non-hydrogen) atoms. The Hall–Kier alpha value is -3.44. The summed E-state index contributed by atoms with van der Waals surface area (Å²) >= 11 is 0. The van der Waals surface area contributed by atoms with E-state index in [0.29, 0.717) is 33.0 Å². The lowest BCUT2D eigenvalue weighted by atomic mass is 9.76. The lowest BCUT2D eigenvalue weighted by Crippen LogP contribution is -2.64. The Morgan fingerprint density at radius 3 is 1.70 bits per heavy atom. The van der Waals surface area contributed by atoms with Crippen LogP contribution in [0.2, 0.25) is 0 Å². The molecule has 2 fully saturated rings. The predicted octanol–water partition coefficient (Wildman–Crippen LogP) is 8.51. The van der Waals surface area contributed by atoms with Gasteiger partial charge >= 0.3 is 0 Å².